The Morgan fingerprint density at radius 1 is 1.03 bits per heavy atom. The number of imidazole rings is 1. The summed E-state index contributed by atoms with van der Waals surface area (Å²) in [7, 11) is -0.115. The number of hydrogen-bond donors (Lipinski definition) is 2. The normalized spacial score (nSPS) is 12.8. The van der Waals surface area contributed by atoms with Gasteiger partial charge in [0.1, 0.15) is 28.1 Å². The minimum absolute atomic E-state index is 0.224. The Labute approximate surface area is 215 Å². The molecule has 0 radical (unpaired) electrons. The fourth-order valence-electron chi connectivity index (χ4n) is 3.74. The molecular formula is C24H22Cl2N6O2S. The van der Waals surface area contributed by atoms with E-state index in [0.717, 1.165) is 23.0 Å². The molecule has 4 N–H and O–H groups in total. The molecular weight excluding hydrogens is 507 g/mol. The first-order valence-corrected chi connectivity index (χ1v) is 12.4. The fourth-order valence-corrected chi connectivity index (χ4v) is 4.83. The first-order chi connectivity index (χ1) is 16.8. The Hall–Kier alpha value is -3.24. The lowest BCUT2D eigenvalue weighted by molar-refractivity contribution is -0.110. The second kappa shape index (κ2) is 10.6. The molecule has 2 unspecified atom stereocenters. The largest absolute Gasteiger partial charge is 0.384 e. The van der Waals surface area contributed by atoms with E-state index in [1.807, 2.05) is 30.3 Å². The number of carbonyl (C=O) groups is 1. The van der Waals surface area contributed by atoms with Crippen molar-refractivity contribution in [2.45, 2.75) is 17.5 Å². The van der Waals surface area contributed by atoms with E-state index in [4.69, 9.17) is 34.1 Å². The molecule has 0 saturated heterocycles. The summed E-state index contributed by atoms with van der Waals surface area (Å²) in [5.74, 6) is 0.826. The van der Waals surface area contributed by atoms with Crippen molar-refractivity contribution in [2.24, 2.45) is 5.14 Å². The van der Waals surface area contributed by atoms with Crippen LogP contribution in [0.1, 0.15) is 11.6 Å². The molecule has 8 nitrogen and oxygen atoms in total. The first kappa shape index (κ1) is 24.9. The maximum Gasteiger partial charge on any atom is 0.211 e. The predicted molar refractivity (Wildman–Crippen MR) is 140 cm³/mol. The molecule has 0 aliphatic heterocycles. The lowest BCUT2D eigenvalue weighted by atomic mass is 10.0. The molecule has 4 rings (SSSR count). The standard InChI is InChI=1S/C24H22Cl2N6O2S/c1-31(20-10-18(25)9-19(26)11-20)24-30-13-23(35(28)34)32(24)21(14-33)8-15-2-4-16(5-3-15)17-6-7-22(27)29-12-17/h2-7,9-14,21H,8,28H2,1H3,(H2,27,29). The fraction of sp³-hybridized carbons (Fsp3) is 0.125. The zero-order chi connectivity index (χ0) is 25.1. The molecule has 0 bridgehead atoms. The van der Waals surface area contributed by atoms with Crippen molar-refractivity contribution >= 4 is 57.9 Å². The summed E-state index contributed by atoms with van der Waals surface area (Å²) in [5, 5.41) is 6.83. The molecule has 35 heavy (non-hydrogen) atoms. The van der Waals surface area contributed by atoms with Gasteiger partial charge < -0.3 is 15.4 Å². The van der Waals surface area contributed by atoms with E-state index < -0.39 is 17.0 Å². The quantitative estimate of drug-likeness (QED) is 0.323. The second-order valence-electron chi connectivity index (χ2n) is 7.83. The number of anilines is 3. The van der Waals surface area contributed by atoms with Crippen LogP contribution in [0.3, 0.4) is 0 Å². The van der Waals surface area contributed by atoms with E-state index >= 15 is 0 Å². The Morgan fingerprint density at radius 2 is 1.69 bits per heavy atom. The highest BCUT2D eigenvalue weighted by Gasteiger charge is 2.24. The minimum atomic E-state index is -1.87. The molecule has 11 heteroatoms. The van der Waals surface area contributed by atoms with Gasteiger partial charge in [0.2, 0.25) is 5.95 Å². The third-order valence-corrected chi connectivity index (χ3v) is 6.64. The highest BCUT2D eigenvalue weighted by molar-refractivity contribution is 7.82. The number of nitrogen functional groups attached to an aromatic ring is 1. The zero-order valence-corrected chi connectivity index (χ0v) is 21.0. The molecule has 2 aromatic carbocycles. The van der Waals surface area contributed by atoms with Crippen molar-refractivity contribution in [3.8, 4) is 11.1 Å². The molecule has 2 aromatic heterocycles. The number of halogens is 2. The van der Waals surface area contributed by atoms with Crippen LogP contribution in [0.5, 0.6) is 0 Å². The monoisotopic (exact) mass is 528 g/mol. The summed E-state index contributed by atoms with van der Waals surface area (Å²) >= 11 is 12.3. The summed E-state index contributed by atoms with van der Waals surface area (Å²) < 4.78 is 13.9. The van der Waals surface area contributed by atoms with Crippen LogP contribution in [-0.2, 0) is 22.2 Å². The molecule has 0 spiro atoms. The summed E-state index contributed by atoms with van der Waals surface area (Å²) in [6.07, 6.45) is 4.23. The van der Waals surface area contributed by atoms with Crippen LogP contribution < -0.4 is 15.8 Å². The summed E-state index contributed by atoms with van der Waals surface area (Å²) in [5.41, 5.74) is 9.11. The predicted octanol–water partition coefficient (Wildman–Crippen LogP) is 4.57. The molecule has 0 aliphatic rings. The molecule has 4 aromatic rings. The van der Waals surface area contributed by atoms with Gasteiger partial charge in [0.05, 0.1) is 12.2 Å². The van der Waals surface area contributed by atoms with Crippen molar-refractivity contribution in [1.82, 2.24) is 14.5 Å². The van der Waals surface area contributed by atoms with Crippen molar-refractivity contribution in [1.29, 1.82) is 0 Å². The lowest BCUT2D eigenvalue weighted by Crippen LogP contribution is -2.24. The van der Waals surface area contributed by atoms with Crippen molar-refractivity contribution < 1.29 is 9.00 Å². The van der Waals surface area contributed by atoms with Crippen molar-refractivity contribution in [3.63, 3.8) is 0 Å². The van der Waals surface area contributed by atoms with Crippen LogP contribution in [0.25, 0.3) is 11.1 Å². The Morgan fingerprint density at radius 3 is 2.26 bits per heavy atom. The van der Waals surface area contributed by atoms with Gasteiger partial charge in [-0.2, -0.15) is 0 Å². The Balaban J connectivity index is 1.67. The third-order valence-electron chi connectivity index (χ3n) is 5.49. The topological polar surface area (TPSA) is 120 Å². The van der Waals surface area contributed by atoms with Gasteiger partial charge in [-0.1, -0.05) is 47.5 Å². The average Bonchev–Trinajstić information content (AvgIpc) is 3.28. The van der Waals surface area contributed by atoms with Gasteiger partial charge in [-0.05, 0) is 41.5 Å². The maximum atomic E-state index is 12.3. The van der Waals surface area contributed by atoms with Crippen LogP contribution in [0, 0.1) is 0 Å². The lowest BCUT2D eigenvalue weighted by Gasteiger charge is -2.24. The second-order valence-corrected chi connectivity index (χ2v) is 9.71. The van der Waals surface area contributed by atoms with Crippen LogP contribution in [-0.4, -0.2) is 32.1 Å². The third kappa shape index (κ3) is 5.54. The zero-order valence-electron chi connectivity index (χ0n) is 18.6. The highest BCUT2D eigenvalue weighted by Crippen LogP contribution is 2.32. The smallest absolute Gasteiger partial charge is 0.211 e. The van der Waals surface area contributed by atoms with E-state index in [2.05, 4.69) is 9.97 Å². The van der Waals surface area contributed by atoms with E-state index in [9.17, 15) is 9.00 Å². The molecule has 0 saturated carbocycles. The van der Waals surface area contributed by atoms with Gasteiger partial charge in [-0.3, -0.25) is 4.57 Å². The number of hydrogen-bond acceptors (Lipinski definition) is 6. The van der Waals surface area contributed by atoms with Gasteiger partial charge in [0.15, 0.2) is 0 Å². The van der Waals surface area contributed by atoms with Gasteiger partial charge in [-0.15, -0.1) is 0 Å². The van der Waals surface area contributed by atoms with Gasteiger partial charge >= 0.3 is 0 Å². The number of pyridine rings is 1. The molecule has 0 amide bonds. The van der Waals surface area contributed by atoms with Crippen LogP contribution in [0.2, 0.25) is 10.0 Å². The average molecular weight is 529 g/mol. The van der Waals surface area contributed by atoms with E-state index in [0.29, 0.717) is 33.9 Å². The van der Waals surface area contributed by atoms with Crippen LogP contribution >= 0.6 is 23.2 Å². The molecule has 0 aliphatic carbocycles. The summed E-state index contributed by atoms with van der Waals surface area (Å²) in [4.78, 5) is 22.5. The van der Waals surface area contributed by atoms with Gasteiger partial charge in [0, 0.05) is 41.0 Å². The number of nitrogens with zero attached hydrogens (tertiary/aromatic N) is 4. The first-order valence-electron chi connectivity index (χ1n) is 10.5. The maximum absolute atomic E-state index is 12.3. The van der Waals surface area contributed by atoms with Crippen LogP contribution in [0.4, 0.5) is 17.5 Å². The molecule has 2 atom stereocenters. The number of aromatic nitrogens is 3. The van der Waals surface area contributed by atoms with E-state index in [1.165, 1.54) is 6.20 Å². The Kier molecular flexibility index (Phi) is 7.51. The van der Waals surface area contributed by atoms with Crippen molar-refractivity contribution in [2.75, 3.05) is 17.7 Å². The van der Waals surface area contributed by atoms with Crippen molar-refractivity contribution in [3.05, 3.63) is 82.6 Å². The number of nitrogens with two attached hydrogens (primary N) is 2. The summed E-state index contributed by atoms with van der Waals surface area (Å²) in [6.45, 7) is 0. The summed E-state index contributed by atoms with van der Waals surface area (Å²) in [6, 6.07) is 15.7. The SMILES string of the molecule is CN(c1cc(Cl)cc(Cl)c1)c1ncc(S(N)=O)n1C(C=O)Cc1ccc(-c2ccc(N)nc2)cc1. The number of carbonyl (C=O) groups excluding carboxylic acids is 1. The van der Waals surface area contributed by atoms with E-state index in [-0.39, 0.29) is 5.03 Å². The molecule has 2 heterocycles. The van der Waals surface area contributed by atoms with Gasteiger partial charge in [0.25, 0.3) is 0 Å². The highest BCUT2D eigenvalue weighted by atomic mass is 35.5. The Bertz CT molecular complexity index is 1360. The van der Waals surface area contributed by atoms with Crippen LogP contribution in [0.15, 0.2) is 72.0 Å². The molecule has 0 fully saturated rings. The number of aldehydes is 1. The van der Waals surface area contributed by atoms with E-state index in [1.54, 1.807) is 47.0 Å². The number of rotatable bonds is 8. The minimum Gasteiger partial charge on any atom is -0.384 e. The number of benzene rings is 2. The van der Waals surface area contributed by atoms with Gasteiger partial charge in [-0.25, -0.2) is 19.3 Å². The molecule has 180 valence electrons.